The minimum Gasteiger partial charge on any atom is -0.302 e. The number of halogens is 1. The van der Waals surface area contributed by atoms with Crippen LogP contribution in [0.4, 0.5) is 9.52 Å². The van der Waals surface area contributed by atoms with Gasteiger partial charge in [-0.15, -0.1) is 11.3 Å². The zero-order chi connectivity index (χ0) is 14.3. The van der Waals surface area contributed by atoms with Crippen molar-refractivity contribution in [3.8, 4) is 0 Å². The van der Waals surface area contributed by atoms with Crippen molar-refractivity contribution in [1.82, 2.24) is 4.98 Å². The van der Waals surface area contributed by atoms with E-state index >= 15 is 0 Å². The summed E-state index contributed by atoms with van der Waals surface area (Å²) in [7, 11) is 0. The van der Waals surface area contributed by atoms with Gasteiger partial charge >= 0.3 is 0 Å². The van der Waals surface area contributed by atoms with Gasteiger partial charge in [-0.25, -0.2) is 9.37 Å². The van der Waals surface area contributed by atoms with E-state index in [9.17, 15) is 9.18 Å². The molecular formula is C15H15FN2OS. The molecule has 1 aliphatic carbocycles. The Hall–Kier alpha value is -1.75. The normalized spacial score (nSPS) is 20.8. The van der Waals surface area contributed by atoms with E-state index in [1.165, 1.54) is 23.5 Å². The van der Waals surface area contributed by atoms with Gasteiger partial charge in [-0.3, -0.25) is 4.79 Å². The van der Waals surface area contributed by atoms with E-state index in [0.717, 1.165) is 22.6 Å². The first-order chi connectivity index (χ1) is 9.54. The fourth-order valence-corrected chi connectivity index (χ4v) is 3.10. The maximum absolute atomic E-state index is 12.9. The highest BCUT2D eigenvalue weighted by molar-refractivity contribution is 7.15. The largest absolute Gasteiger partial charge is 0.302 e. The third-order valence-electron chi connectivity index (χ3n) is 3.68. The predicted octanol–water partition coefficient (Wildman–Crippen LogP) is 3.64. The highest BCUT2D eigenvalue weighted by Crippen LogP contribution is 2.48. The Balaban J connectivity index is 1.64. The van der Waals surface area contributed by atoms with Crippen molar-refractivity contribution in [1.29, 1.82) is 0 Å². The maximum Gasteiger partial charge on any atom is 0.229 e. The van der Waals surface area contributed by atoms with Crippen molar-refractivity contribution < 1.29 is 9.18 Å². The zero-order valence-electron chi connectivity index (χ0n) is 11.3. The van der Waals surface area contributed by atoms with Crippen molar-refractivity contribution in [2.75, 3.05) is 5.32 Å². The lowest BCUT2D eigenvalue weighted by molar-refractivity contribution is -0.117. The van der Waals surface area contributed by atoms with E-state index in [4.69, 9.17) is 0 Å². The third-order valence-corrected chi connectivity index (χ3v) is 4.67. The van der Waals surface area contributed by atoms with Crippen LogP contribution in [0.3, 0.4) is 0 Å². The number of rotatable bonds is 3. The lowest BCUT2D eigenvalue weighted by atomic mass is 10.1. The number of amides is 1. The fraction of sp³-hybridized carbons (Fsp3) is 0.333. The molecule has 2 atom stereocenters. The molecule has 1 aliphatic rings. The quantitative estimate of drug-likeness (QED) is 0.937. The molecule has 0 bridgehead atoms. The standard InChI is InChI=1S/C15H15FN2OS/c1-8-9(2)20-15(17-8)18-14(19)13-7-12(13)10-3-5-11(16)6-4-10/h3-6,12-13H,7H2,1-2H3,(H,17,18,19). The predicted molar refractivity (Wildman–Crippen MR) is 77.5 cm³/mol. The monoisotopic (exact) mass is 290 g/mol. The molecule has 1 amide bonds. The molecule has 0 spiro atoms. The van der Waals surface area contributed by atoms with Crippen LogP contribution in [0.5, 0.6) is 0 Å². The minimum atomic E-state index is -0.246. The van der Waals surface area contributed by atoms with E-state index in [2.05, 4.69) is 10.3 Å². The van der Waals surface area contributed by atoms with Gasteiger partial charge in [0, 0.05) is 10.8 Å². The molecule has 0 radical (unpaired) electrons. The number of nitrogens with zero attached hydrogens (tertiary/aromatic N) is 1. The Morgan fingerprint density at radius 2 is 2.05 bits per heavy atom. The summed E-state index contributed by atoms with van der Waals surface area (Å²) in [5, 5.41) is 3.53. The van der Waals surface area contributed by atoms with Crippen LogP contribution in [0, 0.1) is 25.6 Å². The van der Waals surface area contributed by atoms with Crippen molar-refractivity contribution in [3.05, 3.63) is 46.2 Å². The summed E-state index contributed by atoms with van der Waals surface area (Å²) in [4.78, 5) is 17.6. The number of aryl methyl sites for hydroxylation is 2. The van der Waals surface area contributed by atoms with E-state index in [-0.39, 0.29) is 23.6 Å². The van der Waals surface area contributed by atoms with Crippen molar-refractivity contribution in [2.24, 2.45) is 5.92 Å². The van der Waals surface area contributed by atoms with E-state index in [1.54, 1.807) is 12.1 Å². The molecule has 3 rings (SSSR count). The second kappa shape index (κ2) is 4.98. The lowest BCUT2D eigenvalue weighted by Crippen LogP contribution is -2.14. The molecule has 1 N–H and O–H groups in total. The SMILES string of the molecule is Cc1nc(NC(=O)C2CC2c2ccc(F)cc2)sc1C. The number of carbonyl (C=O) groups excluding carboxylic acids is 1. The number of thiazole rings is 1. The molecule has 0 aliphatic heterocycles. The van der Waals surface area contributed by atoms with Gasteiger partial charge in [-0.2, -0.15) is 0 Å². The summed E-state index contributed by atoms with van der Waals surface area (Å²) in [5.41, 5.74) is 1.98. The highest BCUT2D eigenvalue weighted by atomic mass is 32.1. The average molecular weight is 290 g/mol. The number of nitrogens with one attached hydrogen (secondary N) is 1. The molecule has 1 aromatic carbocycles. The first-order valence-corrected chi connectivity index (χ1v) is 7.36. The molecule has 1 fully saturated rings. The molecule has 1 aromatic heterocycles. The Kier molecular flexibility index (Phi) is 3.30. The van der Waals surface area contributed by atoms with Crippen molar-refractivity contribution in [2.45, 2.75) is 26.2 Å². The van der Waals surface area contributed by atoms with Crippen LogP contribution in [0.2, 0.25) is 0 Å². The lowest BCUT2D eigenvalue weighted by Gasteiger charge is -2.01. The van der Waals surface area contributed by atoms with E-state index < -0.39 is 0 Å². The average Bonchev–Trinajstić information content (AvgIpc) is 3.13. The van der Waals surface area contributed by atoms with Crippen LogP contribution in [0.15, 0.2) is 24.3 Å². The molecule has 20 heavy (non-hydrogen) atoms. The van der Waals surface area contributed by atoms with Crippen molar-refractivity contribution in [3.63, 3.8) is 0 Å². The molecule has 5 heteroatoms. The summed E-state index contributed by atoms with van der Waals surface area (Å²) < 4.78 is 12.9. The molecule has 1 saturated carbocycles. The Morgan fingerprint density at radius 1 is 1.35 bits per heavy atom. The van der Waals surface area contributed by atoms with Crippen LogP contribution in [0.25, 0.3) is 0 Å². The molecule has 3 nitrogen and oxygen atoms in total. The summed E-state index contributed by atoms with van der Waals surface area (Å²) in [6.45, 7) is 3.92. The number of carbonyl (C=O) groups is 1. The second-order valence-corrected chi connectivity index (χ2v) is 6.35. The summed E-state index contributed by atoms with van der Waals surface area (Å²) in [6.07, 6.45) is 0.820. The number of anilines is 1. The molecule has 1 heterocycles. The van der Waals surface area contributed by atoms with Gasteiger partial charge < -0.3 is 5.32 Å². The third kappa shape index (κ3) is 2.58. The Morgan fingerprint density at radius 3 is 2.65 bits per heavy atom. The fourth-order valence-electron chi connectivity index (χ4n) is 2.29. The topological polar surface area (TPSA) is 42.0 Å². The van der Waals surface area contributed by atoms with Crippen LogP contribution in [-0.2, 0) is 4.79 Å². The van der Waals surface area contributed by atoms with Gasteiger partial charge in [0.25, 0.3) is 0 Å². The molecule has 104 valence electrons. The molecule has 2 aromatic rings. The van der Waals surface area contributed by atoms with Crippen molar-refractivity contribution >= 4 is 22.4 Å². The summed E-state index contributed by atoms with van der Waals surface area (Å²) in [6, 6.07) is 6.39. The number of hydrogen-bond donors (Lipinski definition) is 1. The minimum absolute atomic E-state index is 0.00748. The van der Waals surface area contributed by atoms with Crippen LogP contribution < -0.4 is 5.32 Å². The first-order valence-electron chi connectivity index (χ1n) is 6.55. The van der Waals surface area contributed by atoms with E-state index in [1.807, 2.05) is 13.8 Å². The molecule has 0 saturated heterocycles. The molecule has 2 unspecified atom stereocenters. The van der Waals surface area contributed by atoms with Gasteiger partial charge in [0.1, 0.15) is 5.82 Å². The number of aromatic nitrogens is 1. The summed E-state index contributed by atoms with van der Waals surface area (Å²) >= 11 is 1.49. The van der Waals surface area contributed by atoms with E-state index in [0.29, 0.717) is 5.13 Å². The van der Waals surface area contributed by atoms with Gasteiger partial charge in [0.15, 0.2) is 5.13 Å². The second-order valence-electron chi connectivity index (χ2n) is 5.15. The summed E-state index contributed by atoms with van der Waals surface area (Å²) in [5.74, 6) is -0.0556. The maximum atomic E-state index is 12.9. The highest BCUT2D eigenvalue weighted by Gasteiger charge is 2.44. The van der Waals surface area contributed by atoms with Gasteiger partial charge in [0.05, 0.1) is 5.69 Å². The van der Waals surface area contributed by atoms with Crippen LogP contribution >= 0.6 is 11.3 Å². The number of hydrogen-bond acceptors (Lipinski definition) is 3. The Labute approximate surface area is 120 Å². The van der Waals surface area contributed by atoms with Gasteiger partial charge in [-0.1, -0.05) is 12.1 Å². The smallest absolute Gasteiger partial charge is 0.229 e. The zero-order valence-corrected chi connectivity index (χ0v) is 12.1. The van der Waals surface area contributed by atoms with Gasteiger partial charge in [0.2, 0.25) is 5.91 Å². The number of benzene rings is 1. The Bertz CT molecular complexity index is 631. The van der Waals surface area contributed by atoms with Crippen LogP contribution in [0.1, 0.15) is 28.5 Å². The first kappa shape index (κ1) is 13.2. The van der Waals surface area contributed by atoms with Gasteiger partial charge in [-0.05, 0) is 43.9 Å². The molecular weight excluding hydrogens is 275 g/mol. The van der Waals surface area contributed by atoms with Crippen LogP contribution in [-0.4, -0.2) is 10.9 Å².